The fourth-order valence-corrected chi connectivity index (χ4v) is 2.50. The zero-order valence-corrected chi connectivity index (χ0v) is 12.1. The normalized spacial score (nSPS) is 15.7. The van der Waals surface area contributed by atoms with Crippen molar-refractivity contribution in [2.75, 3.05) is 13.7 Å². The van der Waals surface area contributed by atoms with Gasteiger partial charge in [0.05, 0.1) is 12.8 Å². The number of aromatic amines is 1. The zero-order chi connectivity index (χ0) is 15.0. The largest absolute Gasteiger partial charge is 0.487 e. The lowest BCUT2D eigenvalue weighted by atomic mass is 10.1. The molecular formula is C16H17NO4. The monoisotopic (exact) mass is 287 g/mol. The summed E-state index contributed by atoms with van der Waals surface area (Å²) in [5, 5.41) is 0.584. The summed E-state index contributed by atoms with van der Waals surface area (Å²) in [6, 6.07) is 7.29. The van der Waals surface area contributed by atoms with Crippen molar-refractivity contribution in [3.05, 3.63) is 40.2 Å². The minimum Gasteiger partial charge on any atom is -0.487 e. The van der Waals surface area contributed by atoms with Gasteiger partial charge in [-0.1, -0.05) is 12.1 Å². The van der Waals surface area contributed by atoms with Crippen molar-refractivity contribution in [2.24, 2.45) is 5.41 Å². The SMILES string of the molecule is COC(=O)C1(COc2c(C)[nH]c3ccccc3c2=O)CC1. The number of fused-ring (bicyclic) bond motifs is 1. The van der Waals surface area contributed by atoms with Gasteiger partial charge in [-0.05, 0) is 31.9 Å². The number of H-pyrrole nitrogens is 1. The molecule has 1 fully saturated rings. The second-order valence-electron chi connectivity index (χ2n) is 5.51. The molecule has 3 rings (SSSR count). The van der Waals surface area contributed by atoms with Crippen molar-refractivity contribution in [1.82, 2.24) is 4.98 Å². The third-order valence-corrected chi connectivity index (χ3v) is 4.01. The fraction of sp³-hybridized carbons (Fsp3) is 0.375. The van der Waals surface area contributed by atoms with E-state index in [4.69, 9.17) is 9.47 Å². The Hall–Kier alpha value is -2.30. The second-order valence-corrected chi connectivity index (χ2v) is 5.51. The maximum Gasteiger partial charge on any atom is 0.315 e. The topological polar surface area (TPSA) is 68.4 Å². The van der Waals surface area contributed by atoms with Crippen LogP contribution < -0.4 is 10.2 Å². The van der Waals surface area contributed by atoms with Crippen LogP contribution in [0.5, 0.6) is 5.75 Å². The molecule has 21 heavy (non-hydrogen) atoms. The van der Waals surface area contributed by atoms with E-state index in [9.17, 15) is 9.59 Å². The predicted molar refractivity (Wildman–Crippen MR) is 78.5 cm³/mol. The summed E-state index contributed by atoms with van der Waals surface area (Å²) >= 11 is 0. The average molecular weight is 287 g/mol. The molecule has 0 aliphatic heterocycles. The average Bonchev–Trinajstić information content (AvgIpc) is 3.27. The van der Waals surface area contributed by atoms with Crippen LogP contribution >= 0.6 is 0 Å². The van der Waals surface area contributed by atoms with E-state index in [0.717, 1.165) is 18.4 Å². The van der Waals surface area contributed by atoms with Gasteiger partial charge in [-0.25, -0.2) is 0 Å². The van der Waals surface area contributed by atoms with Gasteiger partial charge in [-0.2, -0.15) is 0 Å². The number of para-hydroxylation sites is 1. The van der Waals surface area contributed by atoms with Crippen LogP contribution in [-0.2, 0) is 9.53 Å². The van der Waals surface area contributed by atoms with Crippen LogP contribution in [0.4, 0.5) is 0 Å². The molecule has 0 radical (unpaired) electrons. The number of carbonyl (C=O) groups is 1. The van der Waals surface area contributed by atoms with Crippen LogP contribution in [0.1, 0.15) is 18.5 Å². The Morgan fingerprint density at radius 3 is 2.71 bits per heavy atom. The maximum atomic E-state index is 12.5. The van der Waals surface area contributed by atoms with E-state index in [2.05, 4.69) is 4.98 Å². The molecule has 5 heteroatoms. The number of nitrogens with one attached hydrogen (secondary N) is 1. The number of aryl methyl sites for hydroxylation is 1. The molecule has 1 aromatic carbocycles. The molecule has 0 atom stereocenters. The molecular weight excluding hydrogens is 270 g/mol. The van der Waals surface area contributed by atoms with Gasteiger partial charge in [0.25, 0.3) is 0 Å². The highest BCUT2D eigenvalue weighted by molar-refractivity contribution is 5.81. The van der Waals surface area contributed by atoms with E-state index in [-0.39, 0.29) is 23.8 Å². The minimum atomic E-state index is -0.570. The van der Waals surface area contributed by atoms with E-state index < -0.39 is 5.41 Å². The third-order valence-electron chi connectivity index (χ3n) is 4.01. The number of rotatable bonds is 4. The van der Waals surface area contributed by atoms with Crippen LogP contribution in [0.3, 0.4) is 0 Å². The molecule has 1 N–H and O–H groups in total. The van der Waals surface area contributed by atoms with Crippen LogP contribution in [0.25, 0.3) is 10.9 Å². The fourth-order valence-electron chi connectivity index (χ4n) is 2.50. The Labute approximate surface area is 121 Å². The van der Waals surface area contributed by atoms with Crippen LogP contribution in [0.15, 0.2) is 29.1 Å². The number of benzene rings is 1. The number of hydrogen-bond acceptors (Lipinski definition) is 4. The molecule has 1 aliphatic rings. The predicted octanol–water partition coefficient (Wildman–Crippen LogP) is 2.17. The summed E-state index contributed by atoms with van der Waals surface area (Å²) in [6.07, 6.45) is 1.48. The molecule has 0 bridgehead atoms. The van der Waals surface area contributed by atoms with Gasteiger partial charge in [-0.15, -0.1) is 0 Å². The molecule has 1 aromatic heterocycles. The van der Waals surface area contributed by atoms with Crippen LogP contribution in [0, 0.1) is 12.3 Å². The molecule has 2 aromatic rings. The Morgan fingerprint density at radius 2 is 2.05 bits per heavy atom. The lowest BCUT2D eigenvalue weighted by Crippen LogP contribution is -2.26. The number of methoxy groups -OCH3 is 1. The van der Waals surface area contributed by atoms with Gasteiger partial charge >= 0.3 is 5.97 Å². The van der Waals surface area contributed by atoms with Gasteiger partial charge in [0.1, 0.15) is 12.0 Å². The van der Waals surface area contributed by atoms with E-state index in [0.29, 0.717) is 11.1 Å². The molecule has 0 spiro atoms. The maximum absolute atomic E-state index is 12.5. The van der Waals surface area contributed by atoms with E-state index >= 15 is 0 Å². The Bertz CT molecular complexity index is 758. The van der Waals surface area contributed by atoms with E-state index in [1.165, 1.54) is 7.11 Å². The summed E-state index contributed by atoms with van der Waals surface area (Å²) in [4.78, 5) is 27.3. The second kappa shape index (κ2) is 4.91. The van der Waals surface area contributed by atoms with Gasteiger partial charge in [0, 0.05) is 10.9 Å². The highest BCUT2D eigenvalue weighted by Gasteiger charge is 2.52. The van der Waals surface area contributed by atoms with Gasteiger partial charge < -0.3 is 14.5 Å². The zero-order valence-electron chi connectivity index (χ0n) is 12.1. The number of carbonyl (C=O) groups excluding carboxylic acids is 1. The van der Waals surface area contributed by atoms with Crippen molar-refractivity contribution >= 4 is 16.9 Å². The molecule has 110 valence electrons. The molecule has 0 unspecified atom stereocenters. The number of pyridine rings is 1. The lowest BCUT2D eigenvalue weighted by molar-refractivity contribution is -0.148. The molecule has 0 amide bonds. The highest BCUT2D eigenvalue weighted by atomic mass is 16.5. The Balaban J connectivity index is 1.91. The minimum absolute atomic E-state index is 0.150. The number of hydrogen-bond donors (Lipinski definition) is 1. The summed E-state index contributed by atoms with van der Waals surface area (Å²) in [7, 11) is 1.37. The molecule has 1 saturated carbocycles. The van der Waals surface area contributed by atoms with E-state index in [1.807, 2.05) is 18.2 Å². The highest BCUT2D eigenvalue weighted by Crippen LogP contribution is 2.46. The van der Waals surface area contributed by atoms with Crippen molar-refractivity contribution in [1.29, 1.82) is 0 Å². The number of esters is 1. The van der Waals surface area contributed by atoms with Crippen molar-refractivity contribution in [2.45, 2.75) is 19.8 Å². The summed E-state index contributed by atoms with van der Waals surface area (Å²) < 4.78 is 10.5. The Morgan fingerprint density at radius 1 is 1.33 bits per heavy atom. The quantitative estimate of drug-likeness (QED) is 0.875. The van der Waals surface area contributed by atoms with Gasteiger partial charge in [-0.3, -0.25) is 9.59 Å². The molecule has 0 saturated heterocycles. The van der Waals surface area contributed by atoms with E-state index in [1.54, 1.807) is 13.0 Å². The number of aromatic nitrogens is 1. The standard InChI is InChI=1S/C16H17NO4/c1-10-14(21-9-16(7-8-16)15(19)20-2)13(18)11-5-3-4-6-12(11)17-10/h3-6H,7-9H2,1-2H3,(H,17,18). The first kappa shape index (κ1) is 13.7. The van der Waals surface area contributed by atoms with Crippen LogP contribution in [-0.4, -0.2) is 24.7 Å². The number of ether oxygens (including phenoxy) is 2. The summed E-state index contributed by atoms with van der Waals surface area (Å²) in [6.45, 7) is 1.98. The van der Waals surface area contributed by atoms with Crippen molar-refractivity contribution in [3.8, 4) is 5.75 Å². The molecule has 5 nitrogen and oxygen atoms in total. The van der Waals surface area contributed by atoms with Gasteiger partial charge in [0.15, 0.2) is 5.75 Å². The van der Waals surface area contributed by atoms with Gasteiger partial charge in [0.2, 0.25) is 5.43 Å². The summed E-state index contributed by atoms with van der Waals surface area (Å²) in [5.74, 6) is 0.0150. The van der Waals surface area contributed by atoms with Crippen LogP contribution in [0.2, 0.25) is 0 Å². The first-order valence-corrected chi connectivity index (χ1v) is 6.90. The first-order chi connectivity index (χ1) is 10.1. The Kier molecular flexibility index (Phi) is 3.20. The summed E-state index contributed by atoms with van der Waals surface area (Å²) in [5.41, 5.74) is 0.725. The third kappa shape index (κ3) is 2.28. The van der Waals surface area contributed by atoms with Crippen molar-refractivity contribution < 1.29 is 14.3 Å². The smallest absolute Gasteiger partial charge is 0.315 e. The van der Waals surface area contributed by atoms with Crippen molar-refractivity contribution in [3.63, 3.8) is 0 Å². The first-order valence-electron chi connectivity index (χ1n) is 6.90. The lowest BCUT2D eigenvalue weighted by Gasteiger charge is -2.15. The molecule has 1 heterocycles. The molecule has 1 aliphatic carbocycles.